The van der Waals surface area contributed by atoms with Crippen LogP contribution in [0.3, 0.4) is 0 Å². The van der Waals surface area contributed by atoms with Gasteiger partial charge in [-0.1, -0.05) is 0 Å². The van der Waals surface area contributed by atoms with E-state index in [-0.39, 0.29) is 65.7 Å². The molecule has 0 bridgehead atoms. The van der Waals surface area contributed by atoms with E-state index in [2.05, 4.69) is 14.3 Å². The molecule has 0 aromatic carbocycles. The van der Waals surface area contributed by atoms with E-state index in [1.54, 1.807) is 0 Å². The van der Waals surface area contributed by atoms with Crippen LogP contribution in [0.4, 0.5) is 0 Å². The van der Waals surface area contributed by atoms with E-state index in [9.17, 15) is 9.79 Å². The van der Waals surface area contributed by atoms with Crippen molar-refractivity contribution in [1.29, 1.82) is 0 Å². The summed E-state index contributed by atoms with van der Waals surface area (Å²) < 4.78 is 8.24. The number of methoxy groups -OCH3 is 1. The van der Waals surface area contributed by atoms with E-state index >= 15 is 0 Å². The van der Waals surface area contributed by atoms with E-state index < -0.39 is 8.60 Å². The summed E-state index contributed by atoms with van der Waals surface area (Å²) in [6.45, 7) is 0.420. The van der Waals surface area contributed by atoms with Crippen molar-refractivity contribution in [2.24, 2.45) is 0 Å². The molecule has 0 aromatic heterocycles. The van der Waals surface area contributed by atoms with Gasteiger partial charge < -0.3 is 14.5 Å². The number of hydrogen-bond acceptors (Lipinski definition) is 5. The Labute approximate surface area is 111 Å². The van der Waals surface area contributed by atoms with Gasteiger partial charge in [-0.15, -0.1) is 8.60 Å². The second-order valence-electron chi connectivity index (χ2n) is 1.11. The molecule has 8 heteroatoms. The molecule has 56 valence electrons. The van der Waals surface area contributed by atoms with E-state index in [0.717, 1.165) is 0 Å². The number of ether oxygens (including phenoxy) is 1. The zero-order valence-corrected chi connectivity index (χ0v) is 11.8. The molecule has 0 rings (SSSR count). The molecule has 0 spiro atoms. The zero-order valence-electron chi connectivity index (χ0n) is 6.90. The van der Waals surface area contributed by atoms with Crippen molar-refractivity contribution >= 4 is 8.60 Å². The zero-order chi connectivity index (χ0) is 7.11. The van der Waals surface area contributed by atoms with Gasteiger partial charge in [0.15, 0.2) is 0 Å². The van der Waals surface area contributed by atoms with Gasteiger partial charge in [-0.3, -0.25) is 0 Å². The summed E-state index contributed by atoms with van der Waals surface area (Å²) in [5.74, 6) is 0. The molecule has 0 aliphatic rings. The van der Waals surface area contributed by atoms with Crippen LogP contribution in [0.2, 0.25) is 0 Å². The molecule has 0 heterocycles. The maximum absolute atomic E-state index is 9.61. The Morgan fingerprint density at radius 3 is 2.09 bits per heavy atom. The van der Waals surface area contributed by atoms with Gasteiger partial charge in [-0.05, 0) is 0 Å². The summed E-state index contributed by atoms with van der Waals surface area (Å²) in [6.07, 6.45) is 0. The minimum absolute atomic E-state index is 0. The maximum atomic E-state index is 9.61. The molecule has 0 N–H and O–H groups in total. The third-order valence-corrected chi connectivity index (χ3v) is 0.711. The van der Waals surface area contributed by atoms with Gasteiger partial charge in [0.2, 0.25) is 0 Å². The fourth-order valence-electron chi connectivity index (χ4n) is 0.198. The van der Waals surface area contributed by atoms with Crippen LogP contribution in [0.25, 0.3) is 0 Å². The summed E-state index contributed by atoms with van der Waals surface area (Å²) in [7, 11) is -1.42. The first kappa shape index (κ1) is 18.9. The second kappa shape index (κ2) is 14.7. The van der Waals surface area contributed by atoms with Crippen molar-refractivity contribution < 1.29 is 83.2 Å². The standard InChI is InChI=1S/C3H7O5P.2Na/c1-6-2-3-7-8-9(4)5;;/h2-3H2,1H3;;/q-2;2*+1. The molecular formula is C3H7Na2O5P. The van der Waals surface area contributed by atoms with Crippen LogP contribution in [0.5, 0.6) is 0 Å². The van der Waals surface area contributed by atoms with E-state index in [1.807, 2.05) is 0 Å². The van der Waals surface area contributed by atoms with Gasteiger partial charge in [0, 0.05) is 7.11 Å². The predicted molar refractivity (Wildman–Crippen MR) is 25.8 cm³/mol. The number of hydrogen-bond donors (Lipinski definition) is 0. The van der Waals surface area contributed by atoms with Crippen molar-refractivity contribution in [3.8, 4) is 0 Å². The molecule has 0 aliphatic heterocycles. The van der Waals surface area contributed by atoms with Gasteiger partial charge in [0.25, 0.3) is 0 Å². The van der Waals surface area contributed by atoms with Crippen LogP contribution in [0.1, 0.15) is 0 Å². The minimum atomic E-state index is -2.89. The smallest absolute Gasteiger partial charge is 0.818 e. The molecule has 0 atom stereocenters. The first-order valence-corrected chi connectivity index (χ1v) is 3.30. The number of rotatable bonds is 5. The average Bonchev–Trinajstić information content (AvgIpc) is 1.80. The van der Waals surface area contributed by atoms with Crippen molar-refractivity contribution in [3.05, 3.63) is 0 Å². The van der Waals surface area contributed by atoms with Gasteiger partial charge in [0.05, 0.1) is 6.61 Å². The molecule has 0 saturated carbocycles. The van der Waals surface area contributed by atoms with Crippen LogP contribution in [0.15, 0.2) is 0 Å². The largest absolute Gasteiger partial charge is 1.00 e. The molecular weight excluding hydrogens is 193 g/mol. The second-order valence-corrected chi connectivity index (χ2v) is 1.71. The third-order valence-electron chi connectivity index (χ3n) is 0.484. The van der Waals surface area contributed by atoms with Gasteiger partial charge in [-0.25, -0.2) is 9.56 Å². The maximum Gasteiger partial charge on any atom is 1.00 e. The molecule has 0 fully saturated rings. The summed E-state index contributed by atoms with van der Waals surface area (Å²) in [5.41, 5.74) is 0. The minimum Gasteiger partial charge on any atom is -0.818 e. The first-order chi connectivity index (χ1) is 4.27. The molecule has 0 radical (unpaired) electrons. The van der Waals surface area contributed by atoms with Crippen molar-refractivity contribution in [2.75, 3.05) is 20.3 Å². The normalized spacial score (nSPS) is 8.73. The van der Waals surface area contributed by atoms with E-state index in [1.165, 1.54) is 7.11 Å². The average molecular weight is 200 g/mol. The monoisotopic (exact) mass is 200 g/mol. The molecule has 0 aliphatic carbocycles. The molecule has 5 nitrogen and oxygen atoms in total. The van der Waals surface area contributed by atoms with E-state index in [4.69, 9.17) is 0 Å². The van der Waals surface area contributed by atoms with Crippen LogP contribution in [-0.4, -0.2) is 20.3 Å². The van der Waals surface area contributed by atoms with Crippen LogP contribution in [-0.2, 0) is 14.3 Å². The van der Waals surface area contributed by atoms with Crippen molar-refractivity contribution in [3.63, 3.8) is 0 Å². The van der Waals surface area contributed by atoms with Gasteiger partial charge >= 0.3 is 59.1 Å². The Bertz CT molecular complexity index is 65.7. The van der Waals surface area contributed by atoms with E-state index in [0.29, 0.717) is 6.61 Å². The fraction of sp³-hybridized carbons (Fsp3) is 1.00. The molecule has 0 unspecified atom stereocenters. The topological polar surface area (TPSA) is 73.8 Å². The van der Waals surface area contributed by atoms with Gasteiger partial charge in [0.1, 0.15) is 6.61 Å². The molecule has 11 heavy (non-hydrogen) atoms. The Hall–Kier alpha value is 2.23. The fourth-order valence-corrected chi connectivity index (χ4v) is 0.358. The SMILES string of the molecule is COCCOOP([O-])[O-].[Na+].[Na+]. The Kier molecular flexibility index (Phi) is 25.3. The summed E-state index contributed by atoms with van der Waals surface area (Å²) in [5, 5.41) is 0. The molecule has 0 aromatic rings. The first-order valence-electron chi connectivity index (χ1n) is 2.20. The van der Waals surface area contributed by atoms with Crippen molar-refractivity contribution in [2.45, 2.75) is 0 Å². The molecule has 0 saturated heterocycles. The summed E-state index contributed by atoms with van der Waals surface area (Å²) >= 11 is 0. The van der Waals surface area contributed by atoms with Crippen LogP contribution in [0, 0.1) is 0 Å². The Balaban J connectivity index is -0.000000320. The Morgan fingerprint density at radius 1 is 1.18 bits per heavy atom. The molecule has 0 amide bonds. The Morgan fingerprint density at radius 2 is 1.73 bits per heavy atom. The quantitative estimate of drug-likeness (QED) is 0.145. The summed E-state index contributed by atoms with van der Waals surface area (Å²) in [6, 6.07) is 0. The summed E-state index contributed by atoms with van der Waals surface area (Å²) in [4.78, 5) is 23.3. The van der Waals surface area contributed by atoms with Crippen LogP contribution < -0.4 is 68.9 Å². The van der Waals surface area contributed by atoms with Crippen LogP contribution >= 0.6 is 8.60 Å². The van der Waals surface area contributed by atoms with Gasteiger partial charge in [-0.2, -0.15) is 0 Å². The van der Waals surface area contributed by atoms with Crippen molar-refractivity contribution in [1.82, 2.24) is 0 Å². The predicted octanol–water partition coefficient (Wildman–Crippen LogP) is -7.46. The third kappa shape index (κ3) is 18.9.